The van der Waals surface area contributed by atoms with Gasteiger partial charge in [-0.3, -0.25) is 0 Å². The van der Waals surface area contributed by atoms with Crippen LogP contribution in [-0.4, -0.2) is 249 Å². The second-order valence-corrected chi connectivity index (χ2v) is 26.9. The number of fused-ring (bicyclic) bond motifs is 2. The summed E-state index contributed by atoms with van der Waals surface area (Å²) in [5.74, 6) is 0.0312. The molecule has 0 saturated heterocycles. The zero-order valence-electron chi connectivity index (χ0n) is 47.6. The van der Waals surface area contributed by atoms with E-state index in [4.69, 9.17) is 30.0 Å². The van der Waals surface area contributed by atoms with E-state index in [0.29, 0.717) is 36.2 Å². The topological polar surface area (TPSA) is 249 Å². The third kappa shape index (κ3) is 29.4. The number of hydrogen-bond acceptors (Lipinski definition) is 22. The van der Waals surface area contributed by atoms with E-state index >= 15 is 0 Å². The van der Waals surface area contributed by atoms with Gasteiger partial charge in [-0.15, -0.1) is 11.8 Å². The van der Waals surface area contributed by atoms with Crippen molar-refractivity contribution in [1.82, 2.24) is 25.3 Å². The minimum Gasteiger partial charge on any atom is -0.394 e. The number of nitrogens with one attached hydrogen (secondary N) is 2. The highest BCUT2D eigenvalue weighted by Crippen LogP contribution is 2.19. The number of thioether (sulfide) groups is 2. The summed E-state index contributed by atoms with van der Waals surface area (Å²) in [7, 11) is 7.27. The smallest absolute Gasteiger partial charge is 0.284 e. The van der Waals surface area contributed by atoms with E-state index < -0.39 is 28.7 Å². The molecular formula is C52H83ClN11O10S5+. The average Bonchev–Trinajstić information content (AvgIpc) is 4.10. The predicted octanol–water partition coefficient (Wildman–Crippen LogP) is 4.05. The van der Waals surface area contributed by atoms with Crippen molar-refractivity contribution < 1.29 is 49.1 Å². The molecule has 4 heterocycles. The van der Waals surface area contributed by atoms with Crippen LogP contribution in [0.1, 0.15) is 16.7 Å². The molecule has 0 spiro atoms. The van der Waals surface area contributed by atoms with Gasteiger partial charge in [-0.2, -0.15) is 0 Å². The standard InChI is InChI=1S/C13H21NO3S.C12H22N5OS.C8H10O2S.C7H7ClO2S.C6H8N4S.C6H15NO2/c1-12-4-6-13(7-5-12)18(15,16)11-10-17-9-8-14(2)3;1-16(2)4-6-18-7-5-17-9-15-12(19-3)10-11(17)14-8-13-10;1-7-3-5-8(6-4-7)11(2,9)10;1-6-2-4-7(5-3-6)11(8,9)10;1-11-6-4-5(8-2-7-4)9-3-10-6;1-7(2)3-5-9-6-4-8/h4-7H,8-11H2,1-3H3;8-11H,4-7H2,1-3H3,(H,13,14);3-6H,1-2H3;2-5H,1H3;2-5H,1H3,(H,7,8);8H,3-6H2,1-2H3/q;+1;;;;. The van der Waals surface area contributed by atoms with Crippen LogP contribution in [0.25, 0.3) is 0 Å². The summed E-state index contributed by atoms with van der Waals surface area (Å²) in [6.07, 6.45) is 12.3. The van der Waals surface area contributed by atoms with Crippen molar-refractivity contribution >= 4 is 98.4 Å². The van der Waals surface area contributed by atoms with E-state index in [1.54, 1.807) is 103 Å². The third-order valence-electron chi connectivity index (χ3n) is 11.0. The number of aryl methyl sites for hydroxylation is 3. The van der Waals surface area contributed by atoms with Gasteiger partial charge < -0.3 is 44.7 Å². The van der Waals surface area contributed by atoms with Crippen LogP contribution in [0, 0.1) is 20.8 Å². The lowest BCUT2D eigenvalue weighted by Gasteiger charge is -2.20. The summed E-state index contributed by atoms with van der Waals surface area (Å²) in [5.41, 5.74) is 3.13. The number of nitrogens with zero attached hydrogens (tertiary/aromatic N) is 9. The molecule has 3 aromatic rings. The van der Waals surface area contributed by atoms with Gasteiger partial charge in [0, 0.05) is 36.6 Å². The molecule has 0 fully saturated rings. The second-order valence-electron chi connectivity index (χ2n) is 18.6. The maximum Gasteiger partial charge on any atom is 0.284 e. The number of rotatable bonds is 20. The van der Waals surface area contributed by atoms with E-state index in [1.165, 1.54) is 18.4 Å². The molecule has 3 N–H and O–H groups in total. The van der Waals surface area contributed by atoms with Crippen molar-refractivity contribution in [1.29, 1.82) is 0 Å². The number of aliphatic imine (C=N–C) groups is 5. The van der Waals surface area contributed by atoms with Gasteiger partial charge in [0.05, 0.1) is 79.4 Å². The normalized spacial score (nSPS) is 17.8. The maximum atomic E-state index is 12.0. The molecule has 0 bridgehead atoms. The van der Waals surface area contributed by atoms with Crippen LogP contribution in [0.3, 0.4) is 0 Å². The quantitative estimate of drug-likeness (QED) is 0.0820. The number of hydrogen-bond donors (Lipinski definition) is 3. The highest BCUT2D eigenvalue weighted by Gasteiger charge is 2.39. The van der Waals surface area contributed by atoms with E-state index in [1.807, 2.05) is 91.7 Å². The summed E-state index contributed by atoms with van der Waals surface area (Å²) in [6.45, 7) is 12.7. The zero-order valence-corrected chi connectivity index (χ0v) is 52.4. The van der Waals surface area contributed by atoms with Crippen LogP contribution in [0.2, 0.25) is 0 Å². The molecule has 4 aliphatic rings. The first-order valence-corrected chi connectivity index (χ1v) is 33.4. The molecule has 0 saturated carbocycles. The average molecular weight is 1220 g/mol. The lowest BCUT2D eigenvalue weighted by Crippen LogP contribution is -2.47. The largest absolute Gasteiger partial charge is 0.394 e. The van der Waals surface area contributed by atoms with Crippen LogP contribution in [0.15, 0.2) is 112 Å². The molecule has 7 rings (SSSR count). The molecule has 4 unspecified atom stereocenters. The van der Waals surface area contributed by atoms with E-state index in [2.05, 4.69) is 45.1 Å². The Bertz CT molecular complexity index is 2690. The summed E-state index contributed by atoms with van der Waals surface area (Å²) in [6, 6.07) is 20.5. The molecule has 0 amide bonds. The Morgan fingerprint density at radius 2 is 1.04 bits per heavy atom. The van der Waals surface area contributed by atoms with Gasteiger partial charge in [-0.05, 0) is 117 Å². The van der Waals surface area contributed by atoms with Crippen LogP contribution >= 0.6 is 34.2 Å². The molecular weight excluding hydrogens is 1130 g/mol. The Hall–Kier alpha value is -4.16. The Labute approximate surface area is 483 Å². The molecule has 27 heteroatoms. The lowest BCUT2D eigenvalue weighted by molar-refractivity contribution is -0.564. The zero-order chi connectivity index (χ0) is 59.0. The second kappa shape index (κ2) is 37.8. The van der Waals surface area contributed by atoms with Gasteiger partial charge in [0.2, 0.25) is 11.2 Å². The first-order chi connectivity index (χ1) is 37.3. The molecule has 4 atom stereocenters. The molecule has 3 aromatic carbocycles. The van der Waals surface area contributed by atoms with Gasteiger partial charge in [-0.25, -0.2) is 49.8 Å². The van der Waals surface area contributed by atoms with Crippen LogP contribution in [-0.2, 0) is 42.9 Å². The summed E-state index contributed by atoms with van der Waals surface area (Å²) in [5, 5.41) is 16.8. The van der Waals surface area contributed by atoms with Crippen molar-refractivity contribution in [3.05, 3.63) is 89.5 Å². The number of ether oxygens (including phenoxy) is 3. The highest BCUT2D eigenvalue weighted by molar-refractivity contribution is 8.14. The number of benzene rings is 3. The number of aliphatic hydroxyl groups excluding tert-OH is 1. The third-order valence-corrected chi connectivity index (χ3v) is 16.7. The van der Waals surface area contributed by atoms with Crippen LogP contribution in [0.4, 0.5) is 0 Å². The van der Waals surface area contributed by atoms with Crippen molar-refractivity contribution in [3.8, 4) is 0 Å². The lowest BCUT2D eigenvalue weighted by atomic mass is 10.2. The van der Waals surface area contributed by atoms with E-state index in [9.17, 15) is 25.3 Å². The van der Waals surface area contributed by atoms with Crippen LogP contribution in [0.5, 0.6) is 0 Å². The fourth-order valence-electron chi connectivity index (χ4n) is 6.41. The minimum atomic E-state index is -3.55. The van der Waals surface area contributed by atoms with Crippen molar-refractivity contribution in [2.24, 2.45) is 25.0 Å². The SMILES string of the molecule is CN(C)CCOCCO.CSC1=NC=NC2N=CNC12.CSC1=NC=[N+](CCOCCN(C)C)C2N=CNC12.Cc1ccc(S(=O)(=O)CCOCCN(C)C)cc1.Cc1ccc(S(=O)(=O)Cl)cc1.Cc1ccc(S(C)(=O)=O)cc1. The van der Waals surface area contributed by atoms with Crippen molar-refractivity contribution in [2.45, 2.75) is 59.9 Å². The van der Waals surface area contributed by atoms with E-state index in [-0.39, 0.29) is 48.3 Å². The molecule has 442 valence electrons. The first kappa shape index (κ1) is 70.9. The number of sulfone groups is 2. The Morgan fingerprint density at radius 3 is 1.51 bits per heavy atom. The summed E-state index contributed by atoms with van der Waals surface area (Å²) < 4.78 is 85.3. The predicted molar refractivity (Wildman–Crippen MR) is 327 cm³/mol. The number of halogens is 1. The molecule has 4 aliphatic heterocycles. The van der Waals surface area contributed by atoms with Gasteiger partial charge >= 0.3 is 0 Å². The monoisotopic (exact) mass is 1220 g/mol. The van der Waals surface area contributed by atoms with Gasteiger partial charge in [-0.1, -0.05) is 64.9 Å². The maximum absolute atomic E-state index is 12.0. The Morgan fingerprint density at radius 1 is 0.595 bits per heavy atom. The highest BCUT2D eigenvalue weighted by atomic mass is 35.7. The fraction of sp³-hybridized carbons (Fsp3) is 0.538. The molecule has 79 heavy (non-hydrogen) atoms. The van der Waals surface area contributed by atoms with E-state index in [0.717, 1.165) is 59.6 Å². The van der Waals surface area contributed by atoms with Gasteiger partial charge in [0.15, 0.2) is 31.9 Å². The fourth-order valence-corrected chi connectivity index (χ4v) is 10.1. The summed E-state index contributed by atoms with van der Waals surface area (Å²) >= 11 is 3.31. The Kier molecular flexibility index (Phi) is 33.9. The Balaban J connectivity index is 0.000000331. The first-order valence-electron chi connectivity index (χ1n) is 25.1. The molecule has 0 aliphatic carbocycles. The van der Waals surface area contributed by atoms with Crippen LogP contribution < -0.4 is 10.6 Å². The van der Waals surface area contributed by atoms with Crippen molar-refractivity contribution in [2.75, 3.05) is 139 Å². The van der Waals surface area contributed by atoms with Crippen molar-refractivity contribution in [3.63, 3.8) is 0 Å². The molecule has 0 aromatic heterocycles. The number of likely N-dealkylation sites (N-methyl/N-ethyl adjacent to an activating group) is 3. The molecule has 0 radical (unpaired) electrons. The minimum absolute atomic E-state index is 0.0231. The van der Waals surface area contributed by atoms with Gasteiger partial charge in [0.25, 0.3) is 15.4 Å². The number of aliphatic hydroxyl groups is 1. The molecule has 21 nitrogen and oxygen atoms in total. The summed E-state index contributed by atoms with van der Waals surface area (Å²) in [4.78, 5) is 28.3. The van der Waals surface area contributed by atoms with Gasteiger partial charge in [0.1, 0.15) is 24.0 Å².